The molecule has 0 bridgehead atoms. The van der Waals surface area contributed by atoms with E-state index in [1.165, 1.54) is 0 Å². The quantitative estimate of drug-likeness (QED) is 0.385. The monoisotopic (exact) mass is 481 g/mol. The second-order valence-corrected chi connectivity index (χ2v) is 7.33. The number of aromatic nitrogens is 2. The normalized spacial score (nSPS) is 10.6. The van der Waals surface area contributed by atoms with Gasteiger partial charge >= 0.3 is 5.97 Å². The molecule has 1 N–H and O–H groups in total. The first-order valence-corrected chi connectivity index (χ1v) is 10.0. The lowest BCUT2D eigenvalue weighted by Crippen LogP contribution is -2.16. The van der Waals surface area contributed by atoms with Crippen LogP contribution in [0.2, 0.25) is 0 Å². The van der Waals surface area contributed by atoms with Crippen molar-refractivity contribution < 1.29 is 23.2 Å². The molecule has 0 aliphatic rings. The van der Waals surface area contributed by atoms with Crippen molar-refractivity contribution in [2.24, 2.45) is 0 Å². The number of esters is 1. The van der Waals surface area contributed by atoms with Crippen LogP contribution in [0.5, 0.6) is 0 Å². The van der Waals surface area contributed by atoms with Crippen LogP contribution in [0.4, 0.5) is 5.69 Å². The molecule has 0 unspecified atom stereocenters. The average molecular weight is 482 g/mol. The van der Waals surface area contributed by atoms with Gasteiger partial charge in [-0.1, -0.05) is 29.8 Å². The van der Waals surface area contributed by atoms with E-state index in [4.69, 9.17) is 13.6 Å². The van der Waals surface area contributed by atoms with Gasteiger partial charge in [0.2, 0.25) is 0 Å². The summed E-state index contributed by atoms with van der Waals surface area (Å²) >= 11 is 3.20. The number of carbonyl (C=O) groups excluding carboxylic acids is 2. The number of amides is 1. The first-order valence-electron chi connectivity index (χ1n) is 9.22. The molecule has 4 aromatic rings. The van der Waals surface area contributed by atoms with Crippen LogP contribution in [-0.2, 0) is 11.3 Å². The average Bonchev–Trinajstić information content (AvgIpc) is 3.41. The zero-order valence-electron chi connectivity index (χ0n) is 16.3. The predicted octanol–water partition coefficient (Wildman–Crippen LogP) is 5.01. The highest BCUT2D eigenvalue weighted by molar-refractivity contribution is 9.10. The van der Waals surface area contributed by atoms with Crippen molar-refractivity contribution in [2.75, 3.05) is 5.32 Å². The summed E-state index contributed by atoms with van der Waals surface area (Å²) in [5.74, 6) is -0.295. The van der Waals surface area contributed by atoms with Gasteiger partial charge in [-0.15, -0.1) is 10.2 Å². The smallest absolute Gasteiger partial charge is 0.340 e. The van der Waals surface area contributed by atoms with E-state index in [9.17, 15) is 9.59 Å². The van der Waals surface area contributed by atoms with Crippen molar-refractivity contribution in [1.82, 2.24) is 10.2 Å². The molecule has 2 aromatic heterocycles. The first kappa shape index (κ1) is 20.5. The van der Waals surface area contributed by atoms with Crippen LogP contribution in [0.3, 0.4) is 0 Å². The van der Waals surface area contributed by atoms with Gasteiger partial charge in [0.15, 0.2) is 17.0 Å². The van der Waals surface area contributed by atoms with Gasteiger partial charge in [0.1, 0.15) is 0 Å². The standard InChI is InChI=1S/C22H16BrN3O5/c1-13-5-4-6-14(11-13)20(27)24-16-8-3-2-7-15(16)22(28)29-12-19-25-26-21(31-19)17-9-10-18(23)30-17/h2-11H,12H2,1H3,(H,24,27). The molecule has 0 aliphatic carbocycles. The molecule has 0 radical (unpaired) electrons. The summed E-state index contributed by atoms with van der Waals surface area (Å²) in [5.41, 5.74) is 2.00. The van der Waals surface area contributed by atoms with E-state index >= 15 is 0 Å². The highest BCUT2D eigenvalue weighted by Crippen LogP contribution is 2.24. The van der Waals surface area contributed by atoms with E-state index in [0.29, 0.717) is 21.7 Å². The fourth-order valence-electron chi connectivity index (χ4n) is 2.80. The van der Waals surface area contributed by atoms with Crippen molar-refractivity contribution in [3.63, 3.8) is 0 Å². The zero-order chi connectivity index (χ0) is 21.8. The van der Waals surface area contributed by atoms with Crippen LogP contribution in [0.15, 0.2) is 74.2 Å². The van der Waals surface area contributed by atoms with Gasteiger partial charge in [0, 0.05) is 5.56 Å². The molecule has 0 aliphatic heterocycles. The van der Waals surface area contributed by atoms with E-state index in [1.54, 1.807) is 54.6 Å². The molecule has 0 fully saturated rings. The summed E-state index contributed by atoms with van der Waals surface area (Å²) in [6.45, 7) is 1.67. The number of rotatable bonds is 6. The number of nitrogens with zero attached hydrogens (tertiary/aromatic N) is 2. The van der Waals surface area contributed by atoms with Gasteiger partial charge < -0.3 is 18.9 Å². The van der Waals surface area contributed by atoms with Gasteiger partial charge in [0.05, 0.1) is 11.3 Å². The van der Waals surface area contributed by atoms with Crippen LogP contribution in [0, 0.1) is 6.92 Å². The third-order valence-electron chi connectivity index (χ3n) is 4.25. The first-order chi connectivity index (χ1) is 15.0. The number of furan rings is 1. The topological polar surface area (TPSA) is 107 Å². The molecule has 1 amide bonds. The Labute approximate surface area is 185 Å². The van der Waals surface area contributed by atoms with E-state index in [2.05, 4.69) is 31.4 Å². The Morgan fingerprint density at radius 3 is 2.65 bits per heavy atom. The number of ether oxygens (including phenoxy) is 1. The van der Waals surface area contributed by atoms with Crippen LogP contribution in [-0.4, -0.2) is 22.1 Å². The van der Waals surface area contributed by atoms with Gasteiger partial charge in [-0.3, -0.25) is 4.79 Å². The number of carbonyl (C=O) groups is 2. The van der Waals surface area contributed by atoms with Crippen molar-refractivity contribution in [3.05, 3.63) is 87.9 Å². The summed E-state index contributed by atoms with van der Waals surface area (Å²) in [5, 5.41) is 10.5. The Morgan fingerprint density at radius 2 is 1.87 bits per heavy atom. The summed E-state index contributed by atoms with van der Waals surface area (Å²) in [6, 6.07) is 17.1. The minimum Gasteiger partial charge on any atom is -0.452 e. The molecule has 31 heavy (non-hydrogen) atoms. The Balaban J connectivity index is 1.43. The van der Waals surface area contributed by atoms with E-state index in [0.717, 1.165) is 5.56 Å². The number of nitrogens with one attached hydrogen (secondary N) is 1. The molecule has 9 heteroatoms. The third-order valence-corrected chi connectivity index (χ3v) is 4.68. The summed E-state index contributed by atoms with van der Waals surface area (Å²) in [4.78, 5) is 25.2. The van der Waals surface area contributed by atoms with Crippen molar-refractivity contribution in [1.29, 1.82) is 0 Å². The molecule has 156 valence electrons. The van der Waals surface area contributed by atoms with Crippen LogP contribution in [0.1, 0.15) is 32.2 Å². The Bertz CT molecular complexity index is 1250. The van der Waals surface area contributed by atoms with Crippen molar-refractivity contribution >= 4 is 33.5 Å². The second-order valence-electron chi connectivity index (χ2n) is 6.55. The van der Waals surface area contributed by atoms with Crippen molar-refractivity contribution in [2.45, 2.75) is 13.5 Å². The number of para-hydroxylation sites is 1. The Morgan fingerprint density at radius 1 is 1.03 bits per heavy atom. The molecular formula is C22H16BrN3O5. The fourth-order valence-corrected chi connectivity index (χ4v) is 3.10. The third kappa shape index (κ3) is 4.89. The number of aryl methyl sites for hydroxylation is 1. The lowest BCUT2D eigenvalue weighted by atomic mass is 10.1. The minimum absolute atomic E-state index is 0.108. The van der Waals surface area contributed by atoms with Gasteiger partial charge in [-0.2, -0.15) is 0 Å². The largest absolute Gasteiger partial charge is 0.452 e. The Hall–Kier alpha value is -3.72. The number of benzene rings is 2. The number of halogens is 1. The summed E-state index contributed by atoms with van der Waals surface area (Å²) in [7, 11) is 0. The molecule has 0 saturated carbocycles. The highest BCUT2D eigenvalue weighted by atomic mass is 79.9. The molecule has 4 rings (SSSR count). The van der Waals surface area contributed by atoms with Crippen molar-refractivity contribution in [3.8, 4) is 11.7 Å². The lowest BCUT2D eigenvalue weighted by Gasteiger charge is -2.10. The van der Waals surface area contributed by atoms with Gasteiger partial charge in [-0.25, -0.2) is 4.79 Å². The second kappa shape index (κ2) is 8.97. The molecule has 0 spiro atoms. The molecule has 8 nitrogen and oxygen atoms in total. The molecule has 2 heterocycles. The SMILES string of the molecule is Cc1cccc(C(=O)Nc2ccccc2C(=O)OCc2nnc(-c3ccc(Br)o3)o2)c1. The van der Waals surface area contributed by atoms with Crippen LogP contribution >= 0.6 is 15.9 Å². The molecule has 0 atom stereocenters. The predicted molar refractivity (Wildman–Crippen MR) is 114 cm³/mol. The van der Waals surface area contributed by atoms with E-state index in [-0.39, 0.29) is 29.9 Å². The number of hydrogen-bond donors (Lipinski definition) is 1. The maximum absolute atomic E-state index is 12.6. The number of hydrogen-bond acceptors (Lipinski definition) is 7. The van der Waals surface area contributed by atoms with Gasteiger partial charge in [-0.05, 0) is 59.3 Å². The van der Waals surface area contributed by atoms with Crippen LogP contribution in [0.25, 0.3) is 11.7 Å². The maximum atomic E-state index is 12.6. The minimum atomic E-state index is -0.638. The molecule has 0 saturated heterocycles. The Kier molecular flexibility index (Phi) is 5.94. The lowest BCUT2D eigenvalue weighted by molar-refractivity contribution is 0.0440. The molecular weight excluding hydrogens is 466 g/mol. The zero-order valence-corrected chi connectivity index (χ0v) is 17.9. The highest BCUT2D eigenvalue weighted by Gasteiger charge is 2.18. The van der Waals surface area contributed by atoms with E-state index in [1.807, 2.05) is 13.0 Å². The molecule has 2 aromatic carbocycles. The van der Waals surface area contributed by atoms with E-state index < -0.39 is 5.97 Å². The fraction of sp³-hybridized carbons (Fsp3) is 0.0909. The number of anilines is 1. The maximum Gasteiger partial charge on any atom is 0.340 e. The summed E-state index contributed by atoms with van der Waals surface area (Å²) < 4.78 is 16.6. The van der Waals surface area contributed by atoms with Crippen LogP contribution < -0.4 is 5.32 Å². The van der Waals surface area contributed by atoms with Gasteiger partial charge in [0.25, 0.3) is 17.7 Å². The summed E-state index contributed by atoms with van der Waals surface area (Å²) in [6.07, 6.45) is 0.